The van der Waals surface area contributed by atoms with E-state index in [1.165, 1.54) is 10.7 Å². The molecule has 2 N–H and O–H groups in total. The van der Waals surface area contributed by atoms with Gasteiger partial charge in [0.1, 0.15) is 16.9 Å². The van der Waals surface area contributed by atoms with Crippen LogP contribution in [-0.2, 0) is 12.8 Å². The number of fused-ring (bicyclic) bond motifs is 1. The molecule has 0 unspecified atom stereocenters. The van der Waals surface area contributed by atoms with Crippen LogP contribution in [0, 0.1) is 6.92 Å². The minimum Gasteiger partial charge on any atom is -0.390 e. The fourth-order valence-corrected chi connectivity index (χ4v) is 2.55. The maximum Gasteiger partial charge on any atom is 0.417 e. The van der Waals surface area contributed by atoms with Crippen LogP contribution < -0.4 is 5.56 Å². The van der Waals surface area contributed by atoms with E-state index in [0.717, 1.165) is 12.3 Å². The molecule has 0 amide bonds. The number of hydrogen-bond donors (Lipinski definition) is 2. The summed E-state index contributed by atoms with van der Waals surface area (Å²) in [6, 6.07) is 1.60. The van der Waals surface area contributed by atoms with Crippen molar-refractivity contribution >= 4 is 11.0 Å². The third kappa shape index (κ3) is 3.00. The highest BCUT2D eigenvalue weighted by Crippen LogP contribution is 2.29. The SMILES string of the molecule is Cc1nc2c(c(CO)nn2[C@@H](C)c2ccc(C(F)(F)F)cn2)c(=O)[nH]1. The maximum atomic E-state index is 12.7. The van der Waals surface area contributed by atoms with Gasteiger partial charge in [0.2, 0.25) is 0 Å². The zero-order valence-electron chi connectivity index (χ0n) is 13.3. The van der Waals surface area contributed by atoms with E-state index in [2.05, 4.69) is 20.1 Å². The van der Waals surface area contributed by atoms with Gasteiger partial charge in [0.05, 0.1) is 23.9 Å². The van der Waals surface area contributed by atoms with Crippen LogP contribution in [-0.4, -0.2) is 29.8 Å². The number of nitrogens with one attached hydrogen (secondary N) is 1. The van der Waals surface area contributed by atoms with Crippen molar-refractivity contribution in [3.8, 4) is 0 Å². The molecular weight excluding hydrogens is 339 g/mol. The molecule has 0 fully saturated rings. The molecule has 10 heteroatoms. The molecule has 1 atom stereocenters. The molecular formula is C15H14F3N5O2. The summed E-state index contributed by atoms with van der Waals surface area (Å²) in [5.74, 6) is 0.357. The first-order valence-corrected chi connectivity index (χ1v) is 7.34. The van der Waals surface area contributed by atoms with Crippen LogP contribution in [0.25, 0.3) is 11.0 Å². The molecule has 0 bridgehead atoms. The Bertz CT molecular complexity index is 976. The van der Waals surface area contributed by atoms with Gasteiger partial charge >= 0.3 is 6.18 Å². The van der Waals surface area contributed by atoms with Crippen LogP contribution in [0.5, 0.6) is 0 Å². The highest BCUT2D eigenvalue weighted by Gasteiger charge is 2.31. The number of alkyl halides is 3. The van der Waals surface area contributed by atoms with E-state index in [-0.39, 0.29) is 16.7 Å². The number of aliphatic hydroxyl groups excluding tert-OH is 1. The van der Waals surface area contributed by atoms with Gasteiger partial charge in [-0.15, -0.1) is 0 Å². The first-order valence-electron chi connectivity index (χ1n) is 7.34. The Morgan fingerprint density at radius 2 is 2.08 bits per heavy atom. The van der Waals surface area contributed by atoms with Gasteiger partial charge in [-0.1, -0.05) is 0 Å². The Hall–Kier alpha value is -2.75. The number of hydrogen-bond acceptors (Lipinski definition) is 5. The van der Waals surface area contributed by atoms with Crippen LogP contribution in [0.15, 0.2) is 23.1 Å². The number of nitrogens with zero attached hydrogens (tertiary/aromatic N) is 4. The summed E-state index contributed by atoms with van der Waals surface area (Å²) in [6.45, 7) is 2.80. The van der Waals surface area contributed by atoms with E-state index in [0.29, 0.717) is 11.5 Å². The Morgan fingerprint density at radius 1 is 1.36 bits per heavy atom. The van der Waals surface area contributed by atoms with Crippen molar-refractivity contribution in [2.24, 2.45) is 0 Å². The number of H-pyrrole nitrogens is 1. The lowest BCUT2D eigenvalue weighted by Gasteiger charge is -2.14. The zero-order chi connectivity index (χ0) is 18.4. The monoisotopic (exact) mass is 353 g/mol. The predicted octanol–water partition coefficient (Wildman–Crippen LogP) is 1.94. The topological polar surface area (TPSA) is 96.7 Å². The first kappa shape index (κ1) is 17.1. The van der Waals surface area contributed by atoms with Crippen LogP contribution in [0.2, 0.25) is 0 Å². The summed E-state index contributed by atoms with van der Waals surface area (Å²) < 4.78 is 39.3. The van der Waals surface area contributed by atoms with Crippen molar-refractivity contribution in [3.05, 3.63) is 51.5 Å². The molecule has 0 aliphatic carbocycles. The molecule has 3 aromatic heterocycles. The van der Waals surface area contributed by atoms with Gasteiger partial charge in [-0.05, 0) is 26.0 Å². The van der Waals surface area contributed by atoms with Crippen molar-refractivity contribution < 1.29 is 18.3 Å². The van der Waals surface area contributed by atoms with E-state index in [1.807, 2.05) is 0 Å². The summed E-state index contributed by atoms with van der Waals surface area (Å²) in [5.41, 5.74) is -0.593. The van der Waals surface area contributed by atoms with Gasteiger partial charge in [0.25, 0.3) is 5.56 Å². The quantitative estimate of drug-likeness (QED) is 0.750. The Labute approximate surface area is 139 Å². The number of aliphatic hydroxyl groups is 1. The number of aryl methyl sites for hydroxylation is 1. The van der Waals surface area contributed by atoms with Gasteiger partial charge in [-0.2, -0.15) is 18.3 Å². The van der Waals surface area contributed by atoms with E-state index >= 15 is 0 Å². The van der Waals surface area contributed by atoms with Crippen molar-refractivity contribution in [2.75, 3.05) is 0 Å². The minimum absolute atomic E-state index is 0.141. The predicted molar refractivity (Wildman–Crippen MR) is 81.9 cm³/mol. The molecule has 132 valence electrons. The van der Waals surface area contributed by atoms with Crippen LogP contribution >= 0.6 is 0 Å². The molecule has 0 aromatic carbocycles. The molecule has 0 aliphatic heterocycles. The van der Waals surface area contributed by atoms with Gasteiger partial charge in [0.15, 0.2) is 5.65 Å². The average molecular weight is 353 g/mol. The van der Waals surface area contributed by atoms with Gasteiger partial charge in [-0.3, -0.25) is 9.78 Å². The number of aromatic nitrogens is 5. The van der Waals surface area contributed by atoms with E-state index in [1.54, 1.807) is 13.8 Å². The first-order chi connectivity index (χ1) is 11.7. The zero-order valence-corrected chi connectivity index (χ0v) is 13.3. The van der Waals surface area contributed by atoms with Gasteiger partial charge < -0.3 is 10.1 Å². The maximum absolute atomic E-state index is 12.7. The standard InChI is InChI=1S/C15H14F3N5O2/c1-7(10-4-3-9(5-19-10)15(16,17)18)23-13-12(11(6-24)22-23)14(25)21-8(2)20-13/h3-5,7,24H,6H2,1-2H3,(H,20,21,25)/t7-/m0/s1. The number of pyridine rings is 1. The van der Waals surface area contributed by atoms with Crippen molar-refractivity contribution in [3.63, 3.8) is 0 Å². The Morgan fingerprint density at radius 3 is 2.64 bits per heavy atom. The van der Waals surface area contributed by atoms with Crippen molar-refractivity contribution in [2.45, 2.75) is 32.7 Å². The second-order valence-electron chi connectivity index (χ2n) is 5.54. The molecule has 3 heterocycles. The summed E-state index contributed by atoms with van der Waals surface area (Å²) in [7, 11) is 0. The van der Waals surface area contributed by atoms with Crippen molar-refractivity contribution in [1.29, 1.82) is 0 Å². The summed E-state index contributed by atoms with van der Waals surface area (Å²) in [6.07, 6.45) is -3.72. The lowest BCUT2D eigenvalue weighted by molar-refractivity contribution is -0.137. The second-order valence-corrected chi connectivity index (χ2v) is 5.54. The lowest BCUT2D eigenvalue weighted by Crippen LogP contribution is -2.14. The molecule has 3 aromatic rings. The molecule has 7 nitrogen and oxygen atoms in total. The minimum atomic E-state index is -4.47. The number of aromatic amines is 1. The van der Waals surface area contributed by atoms with Gasteiger partial charge in [0, 0.05) is 6.20 Å². The molecule has 3 rings (SSSR count). The average Bonchev–Trinajstić information content (AvgIpc) is 2.92. The number of halogens is 3. The van der Waals surface area contributed by atoms with E-state index < -0.39 is 29.9 Å². The highest BCUT2D eigenvalue weighted by atomic mass is 19.4. The molecule has 25 heavy (non-hydrogen) atoms. The van der Waals surface area contributed by atoms with Crippen LogP contribution in [0.1, 0.15) is 35.7 Å². The smallest absolute Gasteiger partial charge is 0.390 e. The van der Waals surface area contributed by atoms with Gasteiger partial charge in [-0.25, -0.2) is 9.67 Å². The Balaban J connectivity index is 2.11. The molecule has 0 spiro atoms. The fourth-order valence-electron chi connectivity index (χ4n) is 2.55. The van der Waals surface area contributed by atoms with E-state index in [4.69, 9.17) is 0 Å². The van der Waals surface area contributed by atoms with E-state index in [9.17, 15) is 23.1 Å². The molecule has 0 radical (unpaired) electrons. The second kappa shape index (κ2) is 5.96. The third-order valence-corrected chi connectivity index (χ3v) is 3.81. The summed E-state index contributed by atoms with van der Waals surface area (Å²) in [4.78, 5) is 22.7. The molecule has 0 saturated carbocycles. The van der Waals surface area contributed by atoms with Crippen LogP contribution in [0.3, 0.4) is 0 Å². The van der Waals surface area contributed by atoms with Crippen LogP contribution in [0.4, 0.5) is 13.2 Å². The van der Waals surface area contributed by atoms with Crippen molar-refractivity contribution in [1.82, 2.24) is 24.7 Å². The lowest BCUT2D eigenvalue weighted by atomic mass is 10.2. The summed E-state index contributed by atoms with van der Waals surface area (Å²) >= 11 is 0. The molecule has 0 saturated heterocycles. The summed E-state index contributed by atoms with van der Waals surface area (Å²) in [5, 5.41) is 13.7. The largest absolute Gasteiger partial charge is 0.417 e. The highest BCUT2D eigenvalue weighted by molar-refractivity contribution is 5.77. The third-order valence-electron chi connectivity index (χ3n) is 3.81. The Kier molecular flexibility index (Phi) is 4.07. The normalized spacial score (nSPS) is 13.4. The number of rotatable bonds is 3. The fraction of sp³-hybridized carbons (Fsp3) is 0.333. The molecule has 0 aliphatic rings.